The van der Waals surface area contributed by atoms with Gasteiger partial charge >= 0.3 is 0 Å². The van der Waals surface area contributed by atoms with E-state index in [9.17, 15) is 0 Å². The number of fused-ring (bicyclic) bond motifs is 3. The minimum absolute atomic E-state index is 0.724. The smallest absolute Gasteiger partial charge is 0.0991 e. The highest BCUT2D eigenvalue weighted by Gasteiger charge is 2.09. The molecule has 0 amide bonds. The zero-order valence-electron chi connectivity index (χ0n) is 10.4. The second-order valence-electron chi connectivity index (χ2n) is 4.51. The Balaban J connectivity index is 2.46. The van der Waals surface area contributed by atoms with Crippen molar-refractivity contribution >= 4 is 21.8 Å². The zero-order valence-corrected chi connectivity index (χ0v) is 10.4. The number of nitriles is 1. The first-order chi connectivity index (χ1) is 8.85. The molecule has 1 aromatic heterocycles. The first-order valence-electron chi connectivity index (χ1n) is 6.26. The monoisotopic (exact) mass is 234 g/mol. The topological polar surface area (TPSA) is 28.7 Å². The average molecular weight is 234 g/mol. The van der Waals surface area contributed by atoms with Crippen LogP contribution in [0.3, 0.4) is 0 Å². The largest absolute Gasteiger partial charge is 0.340 e. The van der Waals surface area contributed by atoms with E-state index in [-0.39, 0.29) is 0 Å². The number of aryl methyl sites for hydroxylation is 1. The van der Waals surface area contributed by atoms with Gasteiger partial charge in [0.1, 0.15) is 0 Å². The van der Waals surface area contributed by atoms with Crippen molar-refractivity contribution < 1.29 is 0 Å². The van der Waals surface area contributed by atoms with Gasteiger partial charge in [0.15, 0.2) is 0 Å². The van der Waals surface area contributed by atoms with Crippen LogP contribution in [0.15, 0.2) is 42.5 Å². The number of hydrogen-bond donors (Lipinski definition) is 0. The molecule has 0 aliphatic heterocycles. The van der Waals surface area contributed by atoms with Gasteiger partial charge in [-0.3, -0.25) is 0 Å². The molecule has 0 saturated heterocycles. The van der Waals surface area contributed by atoms with Crippen molar-refractivity contribution in [1.82, 2.24) is 4.57 Å². The molecule has 0 spiro atoms. The van der Waals surface area contributed by atoms with Crippen LogP contribution in [-0.4, -0.2) is 4.57 Å². The summed E-state index contributed by atoms with van der Waals surface area (Å²) in [5, 5.41) is 11.4. The molecule has 3 aromatic rings. The molecule has 0 radical (unpaired) electrons. The Hall–Kier alpha value is -2.27. The molecule has 0 aliphatic rings. The third kappa shape index (κ3) is 1.48. The predicted molar refractivity (Wildman–Crippen MR) is 74.5 cm³/mol. The highest BCUT2D eigenvalue weighted by molar-refractivity contribution is 6.08. The summed E-state index contributed by atoms with van der Waals surface area (Å²) in [7, 11) is 0. The van der Waals surface area contributed by atoms with Gasteiger partial charge in [-0.2, -0.15) is 5.26 Å². The van der Waals surface area contributed by atoms with Gasteiger partial charge < -0.3 is 4.57 Å². The minimum Gasteiger partial charge on any atom is -0.340 e. The SMILES string of the molecule is CCCn1c2ccccc2c2cc(C#N)ccc21. The quantitative estimate of drug-likeness (QED) is 0.657. The van der Waals surface area contributed by atoms with Crippen molar-refractivity contribution in [1.29, 1.82) is 5.26 Å². The van der Waals surface area contributed by atoms with Crippen molar-refractivity contribution in [3.63, 3.8) is 0 Å². The number of aromatic nitrogens is 1. The van der Waals surface area contributed by atoms with E-state index in [4.69, 9.17) is 5.26 Å². The van der Waals surface area contributed by atoms with Gasteiger partial charge in [0.2, 0.25) is 0 Å². The zero-order chi connectivity index (χ0) is 12.5. The Bertz CT molecular complexity index is 760. The fourth-order valence-electron chi connectivity index (χ4n) is 2.59. The van der Waals surface area contributed by atoms with Crippen LogP contribution >= 0.6 is 0 Å². The van der Waals surface area contributed by atoms with Crippen LogP contribution in [0, 0.1) is 11.3 Å². The van der Waals surface area contributed by atoms with E-state index in [1.54, 1.807) is 0 Å². The fraction of sp³-hybridized carbons (Fsp3) is 0.188. The van der Waals surface area contributed by atoms with Crippen LogP contribution in [0.1, 0.15) is 18.9 Å². The standard InChI is InChI=1S/C16H14N2/c1-2-9-18-15-6-4-3-5-13(15)14-10-12(11-17)7-8-16(14)18/h3-8,10H,2,9H2,1H3. The van der Waals surface area contributed by atoms with E-state index in [0.29, 0.717) is 0 Å². The van der Waals surface area contributed by atoms with Crippen LogP contribution < -0.4 is 0 Å². The molecule has 0 bridgehead atoms. The lowest BCUT2D eigenvalue weighted by Crippen LogP contribution is -1.95. The lowest BCUT2D eigenvalue weighted by molar-refractivity contribution is 0.724. The number of benzene rings is 2. The molecule has 88 valence electrons. The van der Waals surface area contributed by atoms with Crippen molar-refractivity contribution in [2.24, 2.45) is 0 Å². The van der Waals surface area contributed by atoms with Gasteiger partial charge in [-0.15, -0.1) is 0 Å². The Labute approximate surface area is 106 Å². The molecule has 0 unspecified atom stereocenters. The molecular weight excluding hydrogens is 220 g/mol. The average Bonchev–Trinajstić information content (AvgIpc) is 2.74. The maximum absolute atomic E-state index is 9.02. The Morgan fingerprint density at radius 2 is 1.83 bits per heavy atom. The van der Waals surface area contributed by atoms with Crippen molar-refractivity contribution in [2.45, 2.75) is 19.9 Å². The summed E-state index contributed by atoms with van der Waals surface area (Å²) in [5.74, 6) is 0. The predicted octanol–water partition coefficient (Wildman–Crippen LogP) is 4.08. The molecule has 2 aromatic carbocycles. The molecule has 0 aliphatic carbocycles. The molecule has 0 saturated carbocycles. The van der Waals surface area contributed by atoms with Crippen LogP contribution in [0.2, 0.25) is 0 Å². The van der Waals surface area contributed by atoms with Gasteiger partial charge in [-0.1, -0.05) is 25.1 Å². The summed E-state index contributed by atoms with van der Waals surface area (Å²) in [6, 6.07) is 16.6. The summed E-state index contributed by atoms with van der Waals surface area (Å²) in [6.07, 6.45) is 1.10. The number of para-hydroxylation sites is 1. The highest BCUT2D eigenvalue weighted by Crippen LogP contribution is 2.29. The third-order valence-corrected chi connectivity index (χ3v) is 3.35. The second kappa shape index (κ2) is 4.19. The van der Waals surface area contributed by atoms with Crippen molar-refractivity contribution in [2.75, 3.05) is 0 Å². The van der Waals surface area contributed by atoms with Crippen molar-refractivity contribution in [3.05, 3.63) is 48.0 Å². The first-order valence-corrected chi connectivity index (χ1v) is 6.26. The summed E-state index contributed by atoms with van der Waals surface area (Å²) < 4.78 is 2.34. The van der Waals surface area contributed by atoms with E-state index in [1.807, 2.05) is 12.1 Å². The van der Waals surface area contributed by atoms with Gasteiger partial charge in [0.25, 0.3) is 0 Å². The third-order valence-electron chi connectivity index (χ3n) is 3.35. The number of nitrogens with zero attached hydrogens (tertiary/aromatic N) is 2. The molecule has 18 heavy (non-hydrogen) atoms. The molecule has 1 heterocycles. The summed E-state index contributed by atoms with van der Waals surface area (Å²) in [6.45, 7) is 3.19. The van der Waals surface area contributed by atoms with Gasteiger partial charge in [0.05, 0.1) is 11.6 Å². The number of hydrogen-bond acceptors (Lipinski definition) is 1. The summed E-state index contributed by atoms with van der Waals surface area (Å²) in [4.78, 5) is 0. The normalized spacial score (nSPS) is 10.9. The summed E-state index contributed by atoms with van der Waals surface area (Å²) >= 11 is 0. The van der Waals surface area contributed by atoms with E-state index in [0.717, 1.165) is 18.5 Å². The molecule has 0 atom stereocenters. The lowest BCUT2D eigenvalue weighted by atomic mass is 10.1. The van der Waals surface area contributed by atoms with E-state index in [2.05, 4.69) is 47.9 Å². The molecule has 3 rings (SSSR count). The highest BCUT2D eigenvalue weighted by atomic mass is 15.0. The summed E-state index contributed by atoms with van der Waals surface area (Å²) in [5.41, 5.74) is 3.20. The Morgan fingerprint density at radius 1 is 1.06 bits per heavy atom. The second-order valence-corrected chi connectivity index (χ2v) is 4.51. The van der Waals surface area contributed by atoms with Crippen LogP contribution in [0.4, 0.5) is 0 Å². The maximum Gasteiger partial charge on any atom is 0.0991 e. The van der Waals surface area contributed by atoms with E-state index in [1.165, 1.54) is 21.8 Å². The molecule has 0 fully saturated rings. The van der Waals surface area contributed by atoms with Gasteiger partial charge in [0, 0.05) is 28.4 Å². The lowest BCUT2D eigenvalue weighted by Gasteiger charge is -2.04. The molecule has 2 heteroatoms. The molecular formula is C16H14N2. The van der Waals surface area contributed by atoms with Crippen LogP contribution in [0.25, 0.3) is 21.8 Å². The fourth-order valence-corrected chi connectivity index (χ4v) is 2.59. The Morgan fingerprint density at radius 3 is 2.61 bits per heavy atom. The minimum atomic E-state index is 0.724. The maximum atomic E-state index is 9.02. The number of rotatable bonds is 2. The van der Waals surface area contributed by atoms with Crippen LogP contribution in [-0.2, 0) is 6.54 Å². The van der Waals surface area contributed by atoms with E-state index >= 15 is 0 Å². The molecule has 2 nitrogen and oxygen atoms in total. The van der Waals surface area contributed by atoms with Crippen molar-refractivity contribution in [3.8, 4) is 6.07 Å². The Kier molecular flexibility index (Phi) is 2.53. The van der Waals surface area contributed by atoms with E-state index < -0.39 is 0 Å². The van der Waals surface area contributed by atoms with Crippen LogP contribution in [0.5, 0.6) is 0 Å². The molecule has 0 N–H and O–H groups in total. The van der Waals surface area contributed by atoms with Gasteiger partial charge in [-0.25, -0.2) is 0 Å². The first kappa shape index (κ1) is 10.9. The van der Waals surface area contributed by atoms with Gasteiger partial charge in [-0.05, 0) is 30.7 Å².